The fourth-order valence-corrected chi connectivity index (χ4v) is 4.51. The van der Waals surface area contributed by atoms with Gasteiger partial charge in [0.15, 0.2) is 5.01 Å². The summed E-state index contributed by atoms with van der Waals surface area (Å²) in [5, 5.41) is 2.10. The number of likely N-dealkylation sites (tertiary alicyclic amines) is 1. The standard InChI is InChI=1S/C20H17FN4O3S/c1-2-16-23-15(10-29-16)19(27)24-5-3-13(4-6-24)25-9-11-7-12(21)8-14(18(22)26)17(11)20(25)28/h1,7-8,10,13H,3-6,9H2,(H2,22,26). The van der Waals surface area contributed by atoms with Crippen molar-refractivity contribution in [2.24, 2.45) is 5.73 Å². The SMILES string of the molecule is C#Cc1nc(C(=O)N2CCC(N3Cc4cc(F)cc(C(N)=O)c4C3=O)CC2)cs1. The largest absolute Gasteiger partial charge is 0.366 e. The summed E-state index contributed by atoms with van der Waals surface area (Å²) < 4.78 is 13.8. The van der Waals surface area contributed by atoms with Gasteiger partial charge in [-0.15, -0.1) is 17.8 Å². The lowest BCUT2D eigenvalue weighted by atomic mass is 10.0. The minimum absolute atomic E-state index is 0.0898. The number of rotatable bonds is 3. The summed E-state index contributed by atoms with van der Waals surface area (Å²) in [4.78, 5) is 44.6. The first kappa shape index (κ1) is 19.1. The zero-order chi connectivity index (χ0) is 20.7. The van der Waals surface area contributed by atoms with Crippen molar-refractivity contribution in [2.75, 3.05) is 13.1 Å². The maximum Gasteiger partial charge on any atom is 0.273 e. The van der Waals surface area contributed by atoms with Gasteiger partial charge in [0, 0.05) is 31.1 Å². The Morgan fingerprint density at radius 3 is 2.66 bits per heavy atom. The van der Waals surface area contributed by atoms with Gasteiger partial charge in [-0.2, -0.15) is 0 Å². The topological polar surface area (TPSA) is 96.6 Å². The lowest BCUT2D eigenvalue weighted by Gasteiger charge is -2.36. The number of piperidine rings is 1. The van der Waals surface area contributed by atoms with Crippen LogP contribution in [0.4, 0.5) is 4.39 Å². The van der Waals surface area contributed by atoms with Gasteiger partial charge in [0.05, 0.1) is 11.1 Å². The van der Waals surface area contributed by atoms with E-state index in [-0.39, 0.29) is 35.5 Å². The maximum atomic E-state index is 13.8. The number of carbonyl (C=O) groups is 3. The van der Waals surface area contributed by atoms with Crippen LogP contribution in [0.1, 0.15) is 54.6 Å². The Morgan fingerprint density at radius 2 is 2.03 bits per heavy atom. The number of carbonyl (C=O) groups excluding carboxylic acids is 3. The van der Waals surface area contributed by atoms with E-state index in [9.17, 15) is 18.8 Å². The second-order valence-electron chi connectivity index (χ2n) is 6.99. The van der Waals surface area contributed by atoms with Crippen LogP contribution >= 0.6 is 11.3 Å². The van der Waals surface area contributed by atoms with Gasteiger partial charge < -0.3 is 15.5 Å². The van der Waals surface area contributed by atoms with E-state index in [1.54, 1.807) is 15.2 Å². The number of hydrogen-bond donors (Lipinski definition) is 1. The number of primary amides is 1. The molecule has 2 aromatic rings. The van der Waals surface area contributed by atoms with Crippen molar-refractivity contribution in [1.29, 1.82) is 0 Å². The number of amides is 3. The van der Waals surface area contributed by atoms with Crippen molar-refractivity contribution in [1.82, 2.24) is 14.8 Å². The highest BCUT2D eigenvalue weighted by Gasteiger charge is 2.38. The number of halogens is 1. The van der Waals surface area contributed by atoms with Crippen LogP contribution < -0.4 is 5.73 Å². The lowest BCUT2D eigenvalue weighted by molar-refractivity contribution is 0.0531. The molecule has 2 N–H and O–H groups in total. The lowest BCUT2D eigenvalue weighted by Crippen LogP contribution is -2.47. The number of nitrogens with zero attached hydrogens (tertiary/aromatic N) is 3. The summed E-state index contributed by atoms with van der Waals surface area (Å²) in [6, 6.07) is 2.16. The predicted molar refractivity (Wildman–Crippen MR) is 104 cm³/mol. The van der Waals surface area contributed by atoms with E-state index in [1.807, 2.05) is 0 Å². The van der Waals surface area contributed by atoms with Gasteiger partial charge >= 0.3 is 0 Å². The van der Waals surface area contributed by atoms with E-state index in [4.69, 9.17) is 12.2 Å². The molecule has 1 aromatic carbocycles. The minimum Gasteiger partial charge on any atom is -0.366 e. The third-order valence-electron chi connectivity index (χ3n) is 5.30. The number of fused-ring (bicyclic) bond motifs is 1. The van der Waals surface area contributed by atoms with Gasteiger partial charge in [0.1, 0.15) is 11.5 Å². The summed E-state index contributed by atoms with van der Waals surface area (Å²) in [6.07, 6.45) is 6.45. The van der Waals surface area contributed by atoms with E-state index >= 15 is 0 Å². The third-order valence-corrected chi connectivity index (χ3v) is 6.08. The molecule has 0 atom stereocenters. The van der Waals surface area contributed by atoms with Crippen molar-refractivity contribution in [2.45, 2.75) is 25.4 Å². The number of terminal acetylenes is 1. The van der Waals surface area contributed by atoms with Crippen LogP contribution in [-0.2, 0) is 6.54 Å². The number of hydrogen-bond acceptors (Lipinski definition) is 5. The van der Waals surface area contributed by atoms with Crippen molar-refractivity contribution in [3.05, 3.63) is 50.7 Å². The van der Waals surface area contributed by atoms with E-state index in [0.717, 1.165) is 6.07 Å². The molecule has 7 nitrogen and oxygen atoms in total. The monoisotopic (exact) mass is 412 g/mol. The highest BCUT2D eigenvalue weighted by atomic mass is 32.1. The molecule has 2 aliphatic heterocycles. The zero-order valence-electron chi connectivity index (χ0n) is 15.4. The molecule has 4 rings (SSSR count). The molecule has 2 aliphatic rings. The summed E-state index contributed by atoms with van der Waals surface area (Å²) in [5.74, 6) is 0.482. The molecule has 0 radical (unpaired) electrons. The van der Waals surface area contributed by atoms with Gasteiger partial charge in [0.2, 0.25) is 5.91 Å². The van der Waals surface area contributed by atoms with Gasteiger partial charge in [-0.25, -0.2) is 9.37 Å². The first-order valence-electron chi connectivity index (χ1n) is 9.03. The fourth-order valence-electron chi connectivity index (χ4n) is 3.91. The molecule has 9 heteroatoms. The molecule has 1 fully saturated rings. The van der Waals surface area contributed by atoms with Crippen molar-refractivity contribution in [3.63, 3.8) is 0 Å². The normalized spacial score (nSPS) is 16.6. The predicted octanol–water partition coefficient (Wildman–Crippen LogP) is 1.62. The van der Waals surface area contributed by atoms with Crippen LogP contribution in [0.5, 0.6) is 0 Å². The van der Waals surface area contributed by atoms with E-state index in [2.05, 4.69) is 10.9 Å². The Balaban J connectivity index is 1.46. The highest BCUT2D eigenvalue weighted by molar-refractivity contribution is 7.10. The van der Waals surface area contributed by atoms with Crippen LogP contribution in [0, 0.1) is 18.2 Å². The van der Waals surface area contributed by atoms with Crippen LogP contribution in [0.2, 0.25) is 0 Å². The molecular weight excluding hydrogens is 395 g/mol. The van der Waals surface area contributed by atoms with Crippen molar-refractivity contribution < 1.29 is 18.8 Å². The molecule has 0 unspecified atom stereocenters. The first-order chi connectivity index (χ1) is 13.9. The summed E-state index contributed by atoms with van der Waals surface area (Å²) in [7, 11) is 0. The number of benzene rings is 1. The second-order valence-corrected chi connectivity index (χ2v) is 7.85. The number of aromatic nitrogens is 1. The molecule has 0 bridgehead atoms. The van der Waals surface area contributed by atoms with E-state index in [1.165, 1.54) is 17.4 Å². The molecule has 148 valence electrons. The summed E-state index contributed by atoms with van der Waals surface area (Å²) >= 11 is 1.24. The van der Waals surface area contributed by atoms with Crippen molar-refractivity contribution in [3.8, 4) is 12.3 Å². The van der Waals surface area contributed by atoms with Crippen LogP contribution in [0.15, 0.2) is 17.5 Å². The Morgan fingerprint density at radius 1 is 1.31 bits per heavy atom. The Hall–Kier alpha value is -3.25. The number of thiazole rings is 1. The van der Waals surface area contributed by atoms with Crippen molar-refractivity contribution >= 4 is 29.1 Å². The molecule has 0 saturated carbocycles. The molecule has 3 heterocycles. The number of nitrogens with two attached hydrogens (primary N) is 1. The summed E-state index contributed by atoms with van der Waals surface area (Å²) in [5.41, 5.74) is 6.21. The molecule has 1 saturated heterocycles. The van der Waals surface area contributed by atoms with Gasteiger partial charge in [-0.05, 0) is 36.5 Å². The molecule has 29 heavy (non-hydrogen) atoms. The van der Waals surface area contributed by atoms with Crippen LogP contribution in [0.3, 0.4) is 0 Å². The molecule has 0 aliphatic carbocycles. The van der Waals surface area contributed by atoms with E-state index in [0.29, 0.717) is 42.2 Å². The maximum absolute atomic E-state index is 13.8. The zero-order valence-corrected chi connectivity index (χ0v) is 16.2. The van der Waals surface area contributed by atoms with Gasteiger partial charge in [-0.3, -0.25) is 14.4 Å². The quantitative estimate of drug-likeness (QED) is 0.775. The third kappa shape index (κ3) is 3.36. The first-order valence-corrected chi connectivity index (χ1v) is 9.91. The minimum atomic E-state index is -0.828. The molecular formula is C20H17FN4O3S. The highest BCUT2D eigenvalue weighted by Crippen LogP contribution is 2.31. The summed E-state index contributed by atoms with van der Waals surface area (Å²) in [6.45, 7) is 1.15. The average molecular weight is 412 g/mol. The molecule has 1 aromatic heterocycles. The molecule has 0 spiro atoms. The average Bonchev–Trinajstić information content (AvgIpc) is 3.32. The Labute approximate surface area is 170 Å². The second kappa shape index (κ2) is 7.29. The van der Waals surface area contributed by atoms with Crippen LogP contribution in [-0.4, -0.2) is 51.6 Å². The van der Waals surface area contributed by atoms with Gasteiger partial charge in [-0.1, -0.05) is 0 Å². The Kier molecular flexibility index (Phi) is 4.80. The van der Waals surface area contributed by atoms with Crippen LogP contribution in [0.25, 0.3) is 0 Å². The van der Waals surface area contributed by atoms with E-state index < -0.39 is 11.7 Å². The smallest absolute Gasteiger partial charge is 0.273 e. The van der Waals surface area contributed by atoms with Gasteiger partial charge in [0.25, 0.3) is 11.8 Å². The Bertz CT molecular complexity index is 1070. The molecule has 3 amide bonds. The fraction of sp³-hybridized carbons (Fsp3) is 0.300.